The third-order valence-corrected chi connectivity index (χ3v) is 5.06. The third kappa shape index (κ3) is 4.77. The highest BCUT2D eigenvalue weighted by molar-refractivity contribution is 6.33. The van der Waals surface area contributed by atoms with Gasteiger partial charge in [0.05, 0.1) is 29.2 Å². The molecule has 0 aliphatic heterocycles. The fourth-order valence-electron chi connectivity index (χ4n) is 3.09. The second kappa shape index (κ2) is 9.05. The van der Waals surface area contributed by atoms with Crippen molar-refractivity contribution < 1.29 is 9.21 Å². The lowest BCUT2D eigenvalue weighted by Gasteiger charge is -2.25. The molecule has 0 unspecified atom stereocenters. The lowest BCUT2D eigenvalue weighted by atomic mass is 10.1. The van der Waals surface area contributed by atoms with Crippen LogP contribution < -0.4 is 0 Å². The highest BCUT2D eigenvalue weighted by atomic mass is 35.5. The van der Waals surface area contributed by atoms with E-state index in [-0.39, 0.29) is 24.9 Å². The summed E-state index contributed by atoms with van der Waals surface area (Å²) < 4.78 is 7.32. The van der Waals surface area contributed by atoms with E-state index in [1.54, 1.807) is 15.6 Å². The van der Waals surface area contributed by atoms with E-state index in [1.807, 2.05) is 56.3 Å². The van der Waals surface area contributed by atoms with Crippen LogP contribution >= 0.6 is 11.6 Å². The number of nitrogens with zero attached hydrogens (tertiary/aromatic N) is 7. The molecule has 2 heterocycles. The van der Waals surface area contributed by atoms with Crippen LogP contribution in [0.15, 0.2) is 59.3 Å². The van der Waals surface area contributed by atoms with Crippen LogP contribution in [0.25, 0.3) is 17.1 Å². The number of carbonyl (C=O) groups excluding carboxylic acids is 1. The average Bonchev–Trinajstić information content (AvgIpc) is 3.45. The van der Waals surface area contributed by atoms with Gasteiger partial charge in [-0.25, -0.2) is 4.68 Å². The van der Waals surface area contributed by atoms with Crippen molar-refractivity contribution in [1.29, 1.82) is 0 Å². The number of hydrogen-bond donors (Lipinski definition) is 0. The Morgan fingerprint density at radius 1 is 1.13 bits per heavy atom. The fourth-order valence-corrected chi connectivity index (χ4v) is 3.30. The van der Waals surface area contributed by atoms with Crippen molar-refractivity contribution in [3.63, 3.8) is 0 Å². The van der Waals surface area contributed by atoms with E-state index < -0.39 is 0 Å². The third-order valence-electron chi connectivity index (χ3n) is 4.73. The smallest absolute Gasteiger partial charge is 0.249 e. The van der Waals surface area contributed by atoms with Crippen LogP contribution in [0.2, 0.25) is 5.02 Å². The second-order valence-electron chi connectivity index (χ2n) is 7.19. The first-order chi connectivity index (χ1) is 15.0. The molecule has 158 valence electrons. The molecule has 0 fully saturated rings. The summed E-state index contributed by atoms with van der Waals surface area (Å²) in [5.74, 6) is 0.642. The molecule has 4 rings (SSSR count). The molecule has 9 nitrogen and oxygen atoms in total. The molecule has 10 heteroatoms. The summed E-state index contributed by atoms with van der Waals surface area (Å²) in [5, 5.41) is 19.8. The Labute approximate surface area is 183 Å². The number of tetrazole rings is 1. The summed E-state index contributed by atoms with van der Waals surface area (Å²) in [4.78, 5) is 14.7. The van der Waals surface area contributed by atoms with E-state index in [9.17, 15) is 4.79 Å². The molecular formula is C21H20ClN7O2. The molecule has 0 atom stereocenters. The molecule has 0 aliphatic carbocycles. The van der Waals surface area contributed by atoms with Gasteiger partial charge in [0.1, 0.15) is 6.33 Å². The van der Waals surface area contributed by atoms with Crippen molar-refractivity contribution in [2.24, 2.45) is 0 Å². The molecule has 0 spiro atoms. The van der Waals surface area contributed by atoms with Crippen molar-refractivity contribution in [3.05, 3.63) is 71.3 Å². The van der Waals surface area contributed by atoms with Gasteiger partial charge in [0.15, 0.2) is 0 Å². The van der Waals surface area contributed by atoms with Gasteiger partial charge in [0.25, 0.3) is 0 Å². The number of hydrogen-bond acceptors (Lipinski definition) is 7. The Hall–Kier alpha value is -3.59. The predicted octanol–water partition coefficient (Wildman–Crippen LogP) is 3.35. The molecule has 0 saturated heterocycles. The Balaban J connectivity index is 1.45. The SMILES string of the molecule is CC(C)N(Cc1nnc(-c2ccccc2Cl)o1)C(=O)Cc1ccc(-n2cnnn2)cc1. The molecule has 0 saturated carbocycles. The van der Waals surface area contributed by atoms with Gasteiger partial charge in [0.2, 0.25) is 17.7 Å². The molecule has 2 aromatic carbocycles. The maximum atomic E-state index is 13.0. The summed E-state index contributed by atoms with van der Waals surface area (Å²) in [7, 11) is 0. The summed E-state index contributed by atoms with van der Waals surface area (Å²) in [5.41, 5.74) is 2.36. The van der Waals surface area contributed by atoms with Gasteiger partial charge < -0.3 is 9.32 Å². The largest absolute Gasteiger partial charge is 0.419 e. The standard InChI is InChI=1S/C21H20ClN7O2/c1-14(2)28(12-19-24-25-21(31-19)17-5-3-4-6-18(17)22)20(30)11-15-7-9-16(10-8-15)29-13-23-26-27-29/h3-10,13-14H,11-12H2,1-2H3. The van der Waals surface area contributed by atoms with Gasteiger partial charge in [-0.05, 0) is 54.1 Å². The van der Waals surface area contributed by atoms with Gasteiger partial charge in [-0.3, -0.25) is 4.79 Å². The monoisotopic (exact) mass is 437 g/mol. The van der Waals surface area contributed by atoms with Crippen LogP contribution in [-0.2, 0) is 17.8 Å². The van der Waals surface area contributed by atoms with Crippen LogP contribution in [0.3, 0.4) is 0 Å². The number of benzene rings is 2. The molecular weight excluding hydrogens is 418 g/mol. The van der Waals surface area contributed by atoms with Gasteiger partial charge in [-0.2, -0.15) is 0 Å². The summed E-state index contributed by atoms with van der Waals surface area (Å²) in [6, 6.07) is 14.7. The average molecular weight is 438 g/mol. The normalized spacial score (nSPS) is 11.1. The maximum absolute atomic E-state index is 13.0. The maximum Gasteiger partial charge on any atom is 0.249 e. The molecule has 0 aliphatic rings. The van der Waals surface area contributed by atoms with E-state index in [2.05, 4.69) is 25.7 Å². The van der Waals surface area contributed by atoms with Crippen molar-refractivity contribution in [3.8, 4) is 17.1 Å². The summed E-state index contributed by atoms with van der Waals surface area (Å²) >= 11 is 6.20. The van der Waals surface area contributed by atoms with Crippen LogP contribution in [0.5, 0.6) is 0 Å². The second-order valence-corrected chi connectivity index (χ2v) is 7.60. The first-order valence-electron chi connectivity index (χ1n) is 9.70. The minimum absolute atomic E-state index is 0.0383. The van der Waals surface area contributed by atoms with E-state index in [4.69, 9.17) is 16.0 Å². The molecule has 2 aromatic heterocycles. The number of aromatic nitrogens is 6. The van der Waals surface area contributed by atoms with Gasteiger partial charge in [-0.1, -0.05) is 35.9 Å². The molecule has 0 N–H and O–H groups in total. The van der Waals surface area contributed by atoms with Crippen molar-refractivity contribution in [1.82, 2.24) is 35.3 Å². The number of rotatable bonds is 7. The predicted molar refractivity (Wildman–Crippen MR) is 113 cm³/mol. The molecule has 1 amide bonds. The van der Waals surface area contributed by atoms with Crippen molar-refractivity contribution in [2.75, 3.05) is 0 Å². The van der Waals surface area contributed by atoms with E-state index in [0.717, 1.165) is 11.3 Å². The van der Waals surface area contributed by atoms with Crippen LogP contribution in [0, 0.1) is 0 Å². The lowest BCUT2D eigenvalue weighted by Crippen LogP contribution is -2.37. The minimum Gasteiger partial charge on any atom is -0.419 e. The molecule has 0 radical (unpaired) electrons. The highest BCUT2D eigenvalue weighted by Gasteiger charge is 2.21. The lowest BCUT2D eigenvalue weighted by molar-refractivity contribution is -0.133. The zero-order valence-electron chi connectivity index (χ0n) is 17.0. The Kier molecular flexibility index (Phi) is 6.03. The van der Waals surface area contributed by atoms with Crippen LogP contribution in [0.4, 0.5) is 0 Å². The zero-order chi connectivity index (χ0) is 21.8. The number of carbonyl (C=O) groups is 1. The fraction of sp³-hybridized carbons (Fsp3) is 0.238. The summed E-state index contributed by atoms with van der Waals surface area (Å²) in [6.45, 7) is 4.12. The van der Waals surface area contributed by atoms with E-state index >= 15 is 0 Å². The van der Waals surface area contributed by atoms with Crippen molar-refractivity contribution in [2.45, 2.75) is 32.9 Å². The molecule has 4 aromatic rings. The minimum atomic E-state index is -0.0392. The van der Waals surface area contributed by atoms with Crippen LogP contribution in [-0.4, -0.2) is 47.3 Å². The number of amides is 1. The van der Waals surface area contributed by atoms with E-state index in [1.165, 1.54) is 6.33 Å². The topological polar surface area (TPSA) is 103 Å². The molecule has 31 heavy (non-hydrogen) atoms. The first kappa shape index (κ1) is 20.7. The Bertz CT molecular complexity index is 1160. The first-order valence-corrected chi connectivity index (χ1v) is 10.1. The van der Waals surface area contributed by atoms with Gasteiger partial charge in [-0.15, -0.1) is 15.3 Å². The Morgan fingerprint density at radius 2 is 1.90 bits per heavy atom. The van der Waals surface area contributed by atoms with Crippen molar-refractivity contribution >= 4 is 17.5 Å². The van der Waals surface area contributed by atoms with Crippen LogP contribution in [0.1, 0.15) is 25.3 Å². The Morgan fingerprint density at radius 3 is 2.58 bits per heavy atom. The highest BCUT2D eigenvalue weighted by Crippen LogP contribution is 2.26. The molecule has 0 bridgehead atoms. The summed E-state index contributed by atoms with van der Waals surface area (Å²) in [6.07, 6.45) is 1.77. The quantitative estimate of drug-likeness (QED) is 0.436. The van der Waals surface area contributed by atoms with Gasteiger partial charge >= 0.3 is 0 Å². The van der Waals surface area contributed by atoms with Gasteiger partial charge in [0, 0.05) is 6.04 Å². The zero-order valence-corrected chi connectivity index (χ0v) is 17.8. The number of halogens is 1. The van der Waals surface area contributed by atoms with E-state index in [0.29, 0.717) is 22.4 Å².